The zero-order valence-electron chi connectivity index (χ0n) is 14.9. The highest BCUT2D eigenvalue weighted by Gasteiger charge is 2.11. The minimum absolute atomic E-state index is 0.148. The highest BCUT2D eigenvalue weighted by atomic mass is 32.2. The molecule has 0 spiro atoms. The minimum Gasteiger partial charge on any atom is -0.353 e. The number of hydrogen-bond donors (Lipinski definition) is 2. The number of para-hydroxylation sites is 1. The van der Waals surface area contributed by atoms with Crippen LogP contribution in [0.15, 0.2) is 70.4 Å². The summed E-state index contributed by atoms with van der Waals surface area (Å²) < 4.78 is 27.2. The van der Waals surface area contributed by atoms with Crippen LogP contribution in [-0.4, -0.2) is 34.0 Å². The molecule has 0 saturated heterocycles. The Hall–Kier alpha value is -3.30. The smallest absolute Gasteiger partial charge is 0.280 e. The van der Waals surface area contributed by atoms with Gasteiger partial charge in [-0.05, 0) is 17.7 Å². The summed E-state index contributed by atoms with van der Waals surface area (Å²) in [5.41, 5.74) is 1.48. The first kappa shape index (κ1) is 19.5. The third-order valence-electron chi connectivity index (χ3n) is 3.89. The van der Waals surface area contributed by atoms with Crippen molar-refractivity contribution in [1.82, 2.24) is 14.8 Å². The number of rotatable bonds is 2. The van der Waals surface area contributed by atoms with Crippen molar-refractivity contribution in [1.29, 1.82) is 0 Å². The Morgan fingerprint density at radius 1 is 1.00 bits per heavy atom. The summed E-state index contributed by atoms with van der Waals surface area (Å²) in [6.45, 7) is 0.335. The van der Waals surface area contributed by atoms with Crippen molar-refractivity contribution in [3.8, 4) is 0 Å². The van der Waals surface area contributed by atoms with Crippen molar-refractivity contribution in [3.05, 3.63) is 86.9 Å². The monoisotopic (exact) mass is 399 g/mol. The van der Waals surface area contributed by atoms with Crippen LogP contribution in [0.3, 0.4) is 0 Å². The first-order valence-electron chi connectivity index (χ1n) is 8.21. The van der Waals surface area contributed by atoms with Crippen molar-refractivity contribution in [2.24, 2.45) is 0 Å². The maximum atomic E-state index is 12.7. The van der Waals surface area contributed by atoms with Gasteiger partial charge >= 0.3 is 0 Å². The summed E-state index contributed by atoms with van der Waals surface area (Å²) in [4.78, 5) is 28.4. The molecule has 2 N–H and O–H groups in total. The molecule has 28 heavy (non-hydrogen) atoms. The van der Waals surface area contributed by atoms with E-state index in [-0.39, 0.29) is 16.4 Å². The molecule has 0 aliphatic carbocycles. The molecule has 8 nitrogen and oxygen atoms in total. The molecule has 4 aromatic rings. The lowest BCUT2D eigenvalue weighted by Crippen LogP contribution is -2.27. The summed E-state index contributed by atoms with van der Waals surface area (Å²) >= 11 is 0. The lowest BCUT2D eigenvalue weighted by molar-refractivity contribution is 0.490. The van der Waals surface area contributed by atoms with E-state index in [1.165, 1.54) is 10.9 Å². The molecule has 144 valence electrons. The Labute approximate surface area is 159 Å². The minimum atomic E-state index is -3.67. The molecule has 0 saturated carbocycles. The molecule has 2 heterocycles. The van der Waals surface area contributed by atoms with Gasteiger partial charge in [0.1, 0.15) is 5.39 Å². The van der Waals surface area contributed by atoms with Crippen LogP contribution in [0.25, 0.3) is 21.8 Å². The molecular formula is C19H17N3O5S. The van der Waals surface area contributed by atoms with Crippen molar-refractivity contribution < 1.29 is 13.0 Å². The van der Waals surface area contributed by atoms with Crippen LogP contribution in [0.2, 0.25) is 0 Å². The van der Waals surface area contributed by atoms with Crippen molar-refractivity contribution in [2.45, 2.75) is 6.54 Å². The number of benzene rings is 2. The maximum Gasteiger partial charge on any atom is 0.280 e. The van der Waals surface area contributed by atoms with Crippen LogP contribution in [-0.2, 0) is 16.7 Å². The SMILES string of the molecule is CS(=O)(=O)O.O=c1c2ccccc2[nH]c2cnn(Cc3ccccc3)c(=O)c12. The molecule has 4 rings (SSSR count). The molecule has 0 aliphatic rings. The quantitative estimate of drug-likeness (QED) is 0.391. The van der Waals surface area contributed by atoms with Crippen LogP contribution < -0.4 is 11.0 Å². The van der Waals surface area contributed by atoms with Gasteiger partial charge in [0, 0.05) is 10.9 Å². The Balaban J connectivity index is 0.000000403. The van der Waals surface area contributed by atoms with Gasteiger partial charge in [-0.15, -0.1) is 0 Å². The van der Waals surface area contributed by atoms with Gasteiger partial charge in [-0.2, -0.15) is 13.5 Å². The predicted octanol–water partition coefficient (Wildman–Crippen LogP) is 1.79. The van der Waals surface area contributed by atoms with Gasteiger partial charge in [0.2, 0.25) is 5.43 Å². The Bertz CT molecular complexity index is 1350. The standard InChI is InChI=1S/C18H13N3O2.CH4O3S/c22-17-13-8-4-5-9-14(13)20-15-10-19-21(18(23)16(15)17)11-12-6-2-1-3-7-12;1-5(2,3)4/h1-10H,11H2,(H,20,22);1H3,(H,2,3,4). The van der Waals surface area contributed by atoms with Gasteiger partial charge in [-0.3, -0.25) is 14.1 Å². The maximum absolute atomic E-state index is 12.7. The third-order valence-corrected chi connectivity index (χ3v) is 3.89. The lowest BCUT2D eigenvalue weighted by Gasteiger charge is -2.07. The number of fused-ring (bicyclic) bond motifs is 2. The van der Waals surface area contributed by atoms with E-state index in [1.54, 1.807) is 12.1 Å². The zero-order chi connectivity index (χ0) is 20.3. The molecule has 0 fully saturated rings. The molecular weight excluding hydrogens is 382 g/mol. The molecule has 0 atom stereocenters. The number of nitrogens with zero attached hydrogens (tertiary/aromatic N) is 2. The number of H-pyrrole nitrogens is 1. The fourth-order valence-corrected chi connectivity index (χ4v) is 2.74. The normalized spacial score (nSPS) is 11.2. The van der Waals surface area contributed by atoms with Crippen molar-refractivity contribution in [3.63, 3.8) is 0 Å². The number of pyridine rings is 1. The van der Waals surface area contributed by atoms with Crippen LogP contribution in [0.1, 0.15) is 5.56 Å². The largest absolute Gasteiger partial charge is 0.353 e. The van der Waals surface area contributed by atoms with E-state index in [2.05, 4.69) is 10.1 Å². The fourth-order valence-electron chi connectivity index (χ4n) is 2.74. The van der Waals surface area contributed by atoms with Gasteiger partial charge in [0.25, 0.3) is 15.7 Å². The zero-order valence-corrected chi connectivity index (χ0v) is 15.7. The Kier molecular flexibility index (Phi) is 5.39. The average molecular weight is 399 g/mol. The Morgan fingerprint density at radius 2 is 1.61 bits per heavy atom. The van der Waals surface area contributed by atoms with Crippen LogP contribution >= 0.6 is 0 Å². The molecule has 0 unspecified atom stereocenters. The van der Waals surface area contributed by atoms with E-state index in [0.29, 0.717) is 29.2 Å². The number of nitrogens with one attached hydrogen (secondary N) is 1. The van der Waals surface area contributed by atoms with Gasteiger partial charge in [0.05, 0.1) is 24.5 Å². The van der Waals surface area contributed by atoms with Gasteiger partial charge < -0.3 is 4.98 Å². The first-order valence-corrected chi connectivity index (χ1v) is 10.1. The highest BCUT2D eigenvalue weighted by molar-refractivity contribution is 7.85. The number of aromatic amines is 1. The van der Waals surface area contributed by atoms with Gasteiger partial charge in [-0.25, -0.2) is 4.68 Å². The van der Waals surface area contributed by atoms with Crippen LogP contribution in [0, 0.1) is 0 Å². The van der Waals surface area contributed by atoms with Crippen LogP contribution in [0.4, 0.5) is 0 Å². The van der Waals surface area contributed by atoms with E-state index in [9.17, 15) is 18.0 Å². The second-order valence-electron chi connectivity index (χ2n) is 6.11. The second kappa shape index (κ2) is 7.75. The van der Waals surface area contributed by atoms with E-state index < -0.39 is 10.1 Å². The number of aromatic nitrogens is 3. The van der Waals surface area contributed by atoms with E-state index in [1.807, 2.05) is 42.5 Å². The van der Waals surface area contributed by atoms with E-state index in [0.717, 1.165) is 5.56 Å². The van der Waals surface area contributed by atoms with Crippen molar-refractivity contribution >= 4 is 31.9 Å². The summed E-state index contributed by atoms with van der Waals surface area (Å²) in [6, 6.07) is 16.7. The molecule has 2 aromatic carbocycles. The van der Waals surface area contributed by atoms with Crippen molar-refractivity contribution in [2.75, 3.05) is 6.26 Å². The molecule has 0 radical (unpaired) electrons. The summed E-state index contributed by atoms with van der Waals surface area (Å²) in [5, 5.41) is 4.84. The topological polar surface area (TPSA) is 122 Å². The third kappa shape index (κ3) is 4.51. The molecule has 0 aliphatic heterocycles. The van der Waals surface area contributed by atoms with Gasteiger partial charge in [-0.1, -0.05) is 42.5 Å². The summed E-state index contributed by atoms with van der Waals surface area (Å²) in [5.74, 6) is 0. The average Bonchev–Trinajstić information content (AvgIpc) is 2.64. The summed E-state index contributed by atoms with van der Waals surface area (Å²) in [6.07, 6.45) is 2.25. The predicted molar refractivity (Wildman–Crippen MR) is 107 cm³/mol. The molecule has 0 amide bonds. The second-order valence-corrected chi connectivity index (χ2v) is 7.58. The Morgan fingerprint density at radius 3 is 2.29 bits per heavy atom. The van der Waals surface area contributed by atoms with Gasteiger partial charge in [0.15, 0.2) is 0 Å². The first-order chi connectivity index (χ1) is 13.2. The molecule has 9 heteroatoms. The van der Waals surface area contributed by atoms with Crippen LogP contribution in [0.5, 0.6) is 0 Å². The molecule has 0 bridgehead atoms. The lowest BCUT2D eigenvalue weighted by atomic mass is 10.1. The fraction of sp³-hybridized carbons (Fsp3) is 0.105. The summed E-state index contributed by atoms with van der Waals surface area (Å²) in [7, 11) is -3.67. The van der Waals surface area contributed by atoms with E-state index >= 15 is 0 Å². The van der Waals surface area contributed by atoms with E-state index in [4.69, 9.17) is 4.55 Å². The highest BCUT2D eigenvalue weighted by Crippen LogP contribution is 2.11. The molecule has 2 aromatic heterocycles. The number of hydrogen-bond acceptors (Lipinski definition) is 5.